The number of fused-ring (bicyclic) bond motifs is 1. The topological polar surface area (TPSA) is 46.1 Å². The zero-order valence-corrected chi connectivity index (χ0v) is 14.2. The second kappa shape index (κ2) is 6.90. The van der Waals surface area contributed by atoms with E-state index < -0.39 is 0 Å². The second-order valence-corrected chi connectivity index (χ2v) is 7.10. The Morgan fingerprint density at radius 1 is 1.28 bits per heavy atom. The Hall–Kier alpha value is -2.30. The summed E-state index contributed by atoms with van der Waals surface area (Å²) in [6.07, 6.45) is 7.20. The first-order chi connectivity index (χ1) is 12.2. The number of likely N-dealkylation sites (tertiary alicyclic amines) is 1. The molecule has 1 aliphatic carbocycles. The molecule has 0 radical (unpaired) electrons. The van der Waals surface area contributed by atoms with Gasteiger partial charge in [-0.3, -0.25) is 4.79 Å². The highest BCUT2D eigenvalue weighted by molar-refractivity contribution is 5.79. The maximum atomic E-state index is 13.3. The van der Waals surface area contributed by atoms with E-state index in [9.17, 15) is 9.18 Å². The quantitative estimate of drug-likeness (QED) is 0.860. The zero-order valence-electron chi connectivity index (χ0n) is 14.2. The largest absolute Gasteiger partial charge is 0.342 e. The van der Waals surface area contributed by atoms with E-state index in [4.69, 9.17) is 0 Å². The number of aryl methyl sites for hydroxylation is 1. The fourth-order valence-electron chi connectivity index (χ4n) is 4.04. The van der Waals surface area contributed by atoms with Gasteiger partial charge in [-0.1, -0.05) is 12.1 Å². The number of rotatable bonds is 4. The third-order valence-electron chi connectivity index (χ3n) is 5.33. The number of hydrogen-bond donors (Lipinski definition) is 0. The number of carbonyl (C=O) groups is 1. The van der Waals surface area contributed by atoms with Crippen LogP contribution in [0.1, 0.15) is 35.4 Å². The van der Waals surface area contributed by atoms with Gasteiger partial charge < -0.3 is 4.90 Å². The molecule has 1 unspecified atom stereocenters. The van der Waals surface area contributed by atoms with Crippen LogP contribution in [0, 0.1) is 11.7 Å². The summed E-state index contributed by atoms with van der Waals surface area (Å²) in [6.45, 7) is 1.55. The molecule has 1 aromatic carbocycles. The van der Waals surface area contributed by atoms with Crippen molar-refractivity contribution in [2.75, 3.05) is 13.1 Å². The third-order valence-corrected chi connectivity index (χ3v) is 5.33. The van der Waals surface area contributed by atoms with E-state index in [0.29, 0.717) is 5.92 Å². The summed E-state index contributed by atoms with van der Waals surface area (Å²) in [5.41, 5.74) is 4.46. The molecule has 1 fully saturated rings. The smallest absolute Gasteiger partial charge is 0.227 e. The number of hydrogen-bond acceptors (Lipinski definition) is 3. The minimum absolute atomic E-state index is 0.0843. The monoisotopic (exact) mass is 339 g/mol. The third kappa shape index (κ3) is 3.55. The predicted octanol–water partition coefficient (Wildman–Crippen LogP) is 2.74. The molecule has 1 amide bonds. The molecular weight excluding hydrogens is 317 g/mol. The SMILES string of the molecule is O=C(Cc1cccc(F)c1)N1CCC(Cc2ncnc3c2CCC3)C1. The van der Waals surface area contributed by atoms with Crippen LogP contribution in [0.2, 0.25) is 0 Å². The highest BCUT2D eigenvalue weighted by Gasteiger charge is 2.28. The summed E-state index contributed by atoms with van der Waals surface area (Å²) in [7, 11) is 0. The van der Waals surface area contributed by atoms with E-state index in [1.54, 1.807) is 18.5 Å². The molecule has 1 saturated heterocycles. The van der Waals surface area contributed by atoms with Crippen molar-refractivity contribution in [1.82, 2.24) is 14.9 Å². The lowest BCUT2D eigenvalue weighted by Crippen LogP contribution is -2.30. The molecule has 0 spiro atoms. The lowest BCUT2D eigenvalue weighted by Gasteiger charge is -2.17. The van der Waals surface area contributed by atoms with Crippen molar-refractivity contribution < 1.29 is 9.18 Å². The van der Waals surface area contributed by atoms with Gasteiger partial charge in [-0.05, 0) is 61.3 Å². The molecular formula is C20H22FN3O. The van der Waals surface area contributed by atoms with Gasteiger partial charge in [0.2, 0.25) is 5.91 Å². The fraction of sp³-hybridized carbons (Fsp3) is 0.450. The first-order valence-corrected chi connectivity index (χ1v) is 9.03. The number of amides is 1. The van der Waals surface area contributed by atoms with Crippen LogP contribution in [-0.2, 0) is 30.5 Å². The van der Waals surface area contributed by atoms with Crippen LogP contribution in [0.4, 0.5) is 4.39 Å². The predicted molar refractivity (Wildman–Crippen MR) is 92.6 cm³/mol. The Morgan fingerprint density at radius 2 is 2.20 bits per heavy atom. The van der Waals surface area contributed by atoms with Crippen molar-refractivity contribution >= 4 is 5.91 Å². The number of aromatic nitrogens is 2. The summed E-state index contributed by atoms with van der Waals surface area (Å²) in [4.78, 5) is 23.3. The van der Waals surface area contributed by atoms with Crippen molar-refractivity contribution in [3.8, 4) is 0 Å². The van der Waals surface area contributed by atoms with Gasteiger partial charge in [0, 0.05) is 24.5 Å². The molecule has 0 N–H and O–H groups in total. The first kappa shape index (κ1) is 16.2. The Balaban J connectivity index is 1.37. The van der Waals surface area contributed by atoms with E-state index >= 15 is 0 Å². The first-order valence-electron chi connectivity index (χ1n) is 9.03. The van der Waals surface area contributed by atoms with Gasteiger partial charge in [0.25, 0.3) is 0 Å². The molecule has 2 aliphatic rings. The lowest BCUT2D eigenvalue weighted by molar-refractivity contribution is -0.129. The lowest BCUT2D eigenvalue weighted by atomic mass is 9.99. The number of halogens is 1. The molecule has 1 aliphatic heterocycles. The van der Waals surface area contributed by atoms with Crippen molar-refractivity contribution in [1.29, 1.82) is 0 Å². The average Bonchev–Trinajstić information content (AvgIpc) is 3.24. The minimum Gasteiger partial charge on any atom is -0.342 e. The van der Waals surface area contributed by atoms with Crippen LogP contribution in [-0.4, -0.2) is 33.9 Å². The van der Waals surface area contributed by atoms with Gasteiger partial charge in [-0.2, -0.15) is 0 Å². The summed E-state index contributed by atoms with van der Waals surface area (Å²) in [5.74, 6) is 0.249. The summed E-state index contributed by atoms with van der Waals surface area (Å²) in [6, 6.07) is 6.30. The Labute approximate surface area is 147 Å². The van der Waals surface area contributed by atoms with E-state index in [1.165, 1.54) is 35.5 Å². The molecule has 1 atom stereocenters. The molecule has 2 aromatic rings. The van der Waals surface area contributed by atoms with Gasteiger partial charge in [-0.25, -0.2) is 14.4 Å². The molecule has 4 rings (SSSR count). The minimum atomic E-state index is -0.290. The van der Waals surface area contributed by atoms with Gasteiger partial charge in [0.05, 0.1) is 6.42 Å². The molecule has 2 heterocycles. The van der Waals surface area contributed by atoms with Gasteiger partial charge in [-0.15, -0.1) is 0 Å². The fourth-order valence-corrected chi connectivity index (χ4v) is 4.04. The average molecular weight is 339 g/mol. The maximum absolute atomic E-state index is 13.3. The Bertz CT molecular complexity index is 792. The highest BCUT2D eigenvalue weighted by Crippen LogP contribution is 2.27. The molecule has 25 heavy (non-hydrogen) atoms. The summed E-state index contributed by atoms with van der Waals surface area (Å²) >= 11 is 0. The van der Waals surface area contributed by atoms with Crippen LogP contribution < -0.4 is 0 Å². The molecule has 0 saturated carbocycles. The maximum Gasteiger partial charge on any atom is 0.227 e. The normalized spacial score (nSPS) is 19.2. The van der Waals surface area contributed by atoms with Crippen LogP contribution in [0.15, 0.2) is 30.6 Å². The molecule has 130 valence electrons. The van der Waals surface area contributed by atoms with Crippen LogP contribution >= 0.6 is 0 Å². The van der Waals surface area contributed by atoms with E-state index in [1.807, 2.05) is 4.90 Å². The Kier molecular flexibility index (Phi) is 4.47. The van der Waals surface area contributed by atoms with Gasteiger partial charge in [0.15, 0.2) is 0 Å². The van der Waals surface area contributed by atoms with Crippen LogP contribution in [0.5, 0.6) is 0 Å². The van der Waals surface area contributed by atoms with Crippen molar-refractivity contribution in [3.05, 3.63) is 58.9 Å². The van der Waals surface area contributed by atoms with Crippen LogP contribution in [0.25, 0.3) is 0 Å². The number of benzene rings is 1. The molecule has 4 nitrogen and oxygen atoms in total. The van der Waals surface area contributed by atoms with E-state index in [2.05, 4.69) is 9.97 Å². The van der Waals surface area contributed by atoms with Crippen molar-refractivity contribution in [2.24, 2.45) is 5.92 Å². The number of nitrogens with zero attached hydrogens (tertiary/aromatic N) is 3. The van der Waals surface area contributed by atoms with E-state index in [0.717, 1.165) is 44.3 Å². The summed E-state index contributed by atoms with van der Waals surface area (Å²) in [5, 5.41) is 0. The van der Waals surface area contributed by atoms with Gasteiger partial charge in [0.1, 0.15) is 12.1 Å². The second-order valence-electron chi connectivity index (χ2n) is 7.10. The van der Waals surface area contributed by atoms with Crippen molar-refractivity contribution in [2.45, 2.75) is 38.5 Å². The highest BCUT2D eigenvalue weighted by atomic mass is 19.1. The Morgan fingerprint density at radius 3 is 3.08 bits per heavy atom. The summed E-state index contributed by atoms with van der Waals surface area (Å²) < 4.78 is 13.3. The molecule has 5 heteroatoms. The molecule has 1 aromatic heterocycles. The molecule has 0 bridgehead atoms. The van der Waals surface area contributed by atoms with E-state index in [-0.39, 0.29) is 18.1 Å². The van der Waals surface area contributed by atoms with Crippen molar-refractivity contribution in [3.63, 3.8) is 0 Å². The standard InChI is InChI=1S/C20H22FN3O/c21-16-4-1-3-14(9-16)11-20(25)24-8-7-15(12-24)10-19-17-5-2-6-18(17)22-13-23-19/h1,3-4,9,13,15H,2,5-8,10-12H2. The zero-order chi connectivity index (χ0) is 17.2. The van der Waals surface area contributed by atoms with Gasteiger partial charge >= 0.3 is 0 Å². The van der Waals surface area contributed by atoms with Crippen LogP contribution in [0.3, 0.4) is 0 Å². The number of carbonyl (C=O) groups excluding carboxylic acids is 1.